The van der Waals surface area contributed by atoms with Gasteiger partial charge < -0.3 is 10.6 Å². The highest BCUT2D eigenvalue weighted by Gasteiger charge is 2.30. The van der Waals surface area contributed by atoms with Gasteiger partial charge in [0.05, 0.1) is 11.8 Å². The number of carbonyl (C=O) groups excluding carboxylic acids is 1. The van der Waals surface area contributed by atoms with Crippen LogP contribution in [0.25, 0.3) is 22.2 Å². The fourth-order valence-corrected chi connectivity index (χ4v) is 3.28. The molecule has 31 heavy (non-hydrogen) atoms. The van der Waals surface area contributed by atoms with Crippen LogP contribution in [0.1, 0.15) is 11.3 Å². The number of hydrogen-bond acceptors (Lipinski definition) is 3. The Morgan fingerprint density at radius 3 is 2.42 bits per heavy atom. The molecule has 0 bridgehead atoms. The summed E-state index contributed by atoms with van der Waals surface area (Å²) in [6.45, 7) is 1.91. The minimum absolute atomic E-state index is 0.0511. The number of aromatic nitrogens is 3. The van der Waals surface area contributed by atoms with Crippen LogP contribution in [0.15, 0.2) is 60.8 Å². The van der Waals surface area contributed by atoms with E-state index in [1.165, 1.54) is 12.1 Å². The Morgan fingerprint density at radius 2 is 1.71 bits per heavy atom. The summed E-state index contributed by atoms with van der Waals surface area (Å²) in [5.74, 6) is 0. The Balaban J connectivity index is 1.50. The van der Waals surface area contributed by atoms with E-state index >= 15 is 0 Å². The summed E-state index contributed by atoms with van der Waals surface area (Å²) in [6, 6.07) is 12.9. The predicted molar refractivity (Wildman–Crippen MR) is 113 cm³/mol. The van der Waals surface area contributed by atoms with Gasteiger partial charge in [-0.15, -0.1) is 0 Å². The average Bonchev–Trinajstić information content (AvgIpc) is 3.08. The van der Waals surface area contributed by atoms with Gasteiger partial charge in [-0.2, -0.15) is 18.3 Å². The van der Waals surface area contributed by atoms with Crippen LogP contribution in [0.2, 0.25) is 0 Å². The molecule has 0 aliphatic rings. The predicted octanol–water partition coefficient (Wildman–Crippen LogP) is 5.61. The molecule has 0 saturated heterocycles. The third kappa shape index (κ3) is 4.35. The van der Waals surface area contributed by atoms with Gasteiger partial charge in [-0.05, 0) is 54.4 Å². The lowest BCUT2D eigenvalue weighted by Gasteiger charge is -2.11. The number of benzene rings is 2. The molecular formula is C22H18F3N5O. The molecule has 0 saturated carbocycles. The Kier molecular flexibility index (Phi) is 5.10. The third-order valence-electron chi connectivity index (χ3n) is 4.73. The number of anilines is 2. The molecule has 0 unspecified atom stereocenters. The maximum absolute atomic E-state index is 12.8. The Labute approximate surface area is 175 Å². The highest BCUT2D eigenvalue weighted by molar-refractivity contribution is 6.00. The maximum atomic E-state index is 12.8. The smallest absolute Gasteiger partial charge is 0.308 e. The number of amides is 2. The largest absolute Gasteiger partial charge is 0.416 e. The first-order chi connectivity index (χ1) is 14.7. The first-order valence-electron chi connectivity index (χ1n) is 9.36. The van der Waals surface area contributed by atoms with Gasteiger partial charge in [0.2, 0.25) is 0 Å². The van der Waals surface area contributed by atoms with Crippen LogP contribution in [0, 0.1) is 6.92 Å². The number of pyridine rings is 1. The zero-order valence-corrected chi connectivity index (χ0v) is 16.7. The summed E-state index contributed by atoms with van der Waals surface area (Å²) >= 11 is 0. The minimum atomic E-state index is -4.48. The normalized spacial score (nSPS) is 11.5. The number of halogens is 3. The van der Waals surface area contributed by atoms with Gasteiger partial charge >= 0.3 is 12.2 Å². The molecule has 0 radical (unpaired) electrons. The summed E-state index contributed by atoms with van der Waals surface area (Å²) in [5, 5.41) is 10.2. The number of rotatable bonds is 3. The summed E-state index contributed by atoms with van der Waals surface area (Å²) in [7, 11) is 1.83. The van der Waals surface area contributed by atoms with Crippen LogP contribution in [0.3, 0.4) is 0 Å². The van der Waals surface area contributed by atoms with Crippen molar-refractivity contribution in [1.82, 2.24) is 14.8 Å². The molecule has 4 rings (SSSR count). The lowest BCUT2D eigenvalue weighted by atomic mass is 10.0. The maximum Gasteiger partial charge on any atom is 0.416 e. The Hall–Kier alpha value is -3.88. The fraction of sp³-hybridized carbons (Fsp3) is 0.136. The van der Waals surface area contributed by atoms with Crippen molar-refractivity contribution < 1.29 is 18.0 Å². The highest BCUT2D eigenvalue weighted by Crippen LogP contribution is 2.31. The summed E-state index contributed by atoms with van der Waals surface area (Å²) in [5.41, 5.74) is 3.25. The van der Waals surface area contributed by atoms with Crippen LogP contribution >= 0.6 is 0 Å². The molecule has 0 atom stereocenters. The first-order valence-corrected chi connectivity index (χ1v) is 9.36. The highest BCUT2D eigenvalue weighted by atomic mass is 19.4. The van der Waals surface area contributed by atoms with E-state index < -0.39 is 17.8 Å². The number of alkyl halides is 3. The number of hydrogen-bond donors (Lipinski definition) is 2. The topological polar surface area (TPSA) is 71.8 Å². The van der Waals surface area contributed by atoms with E-state index in [4.69, 9.17) is 0 Å². The molecular weight excluding hydrogens is 407 g/mol. The molecule has 4 aromatic rings. The van der Waals surface area contributed by atoms with E-state index in [9.17, 15) is 18.0 Å². The first kappa shape index (κ1) is 20.4. The molecule has 2 aromatic heterocycles. The van der Waals surface area contributed by atoms with E-state index in [0.717, 1.165) is 40.0 Å². The van der Waals surface area contributed by atoms with E-state index in [-0.39, 0.29) is 5.69 Å². The molecule has 158 valence electrons. The SMILES string of the molecule is Cc1cc(-c2ccc(NC(=O)Nc3cccc(C(F)(F)F)c3)cc2)c2cnn(C)c2n1. The summed E-state index contributed by atoms with van der Waals surface area (Å²) < 4.78 is 40.2. The number of nitrogens with one attached hydrogen (secondary N) is 2. The molecule has 2 N–H and O–H groups in total. The minimum Gasteiger partial charge on any atom is -0.308 e. The lowest BCUT2D eigenvalue weighted by Crippen LogP contribution is -2.19. The average molecular weight is 425 g/mol. The van der Waals surface area contributed by atoms with Crippen molar-refractivity contribution in [1.29, 1.82) is 0 Å². The second-order valence-corrected chi connectivity index (χ2v) is 7.05. The Morgan fingerprint density at radius 1 is 1.00 bits per heavy atom. The van der Waals surface area contributed by atoms with Crippen molar-refractivity contribution >= 4 is 28.4 Å². The van der Waals surface area contributed by atoms with Crippen LogP contribution in [-0.4, -0.2) is 20.8 Å². The number of fused-ring (bicyclic) bond motifs is 1. The number of carbonyl (C=O) groups is 1. The van der Waals surface area contributed by atoms with Crippen LogP contribution < -0.4 is 10.6 Å². The number of nitrogens with zero attached hydrogens (tertiary/aromatic N) is 3. The van der Waals surface area contributed by atoms with Crippen molar-refractivity contribution in [2.24, 2.45) is 7.05 Å². The van der Waals surface area contributed by atoms with Crippen molar-refractivity contribution in [2.45, 2.75) is 13.1 Å². The molecule has 9 heteroatoms. The van der Waals surface area contributed by atoms with Gasteiger partial charge in [0.15, 0.2) is 5.65 Å². The Bertz CT molecular complexity index is 1260. The van der Waals surface area contributed by atoms with Gasteiger partial charge in [-0.1, -0.05) is 18.2 Å². The molecule has 0 spiro atoms. The van der Waals surface area contributed by atoms with Crippen LogP contribution in [0.4, 0.5) is 29.3 Å². The fourth-order valence-electron chi connectivity index (χ4n) is 3.28. The number of aryl methyl sites for hydroxylation is 2. The van der Waals surface area contributed by atoms with Gasteiger partial charge in [-0.3, -0.25) is 4.68 Å². The van der Waals surface area contributed by atoms with Gasteiger partial charge in [-0.25, -0.2) is 9.78 Å². The van der Waals surface area contributed by atoms with Crippen LogP contribution in [-0.2, 0) is 13.2 Å². The van der Waals surface area contributed by atoms with E-state index in [2.05, 4.69) is 20.7 Å². The van der Waals surface area contributed by atoms with Gasteiger partial charge in [0.1, 0.15) is 0 Å². The number of urea groups is 1. The second-order valence-electron chi connectivity index (χ2n) is 7.05. The van der Waals surface area contributed by atoms with Gasteiger partial charge in [0, 0.05) is 29.5 Å². The third-order valence-corrected chi connectivity index (χ3v) is 4.73. The van der Waals surface area contributed by atoms with E-state index in [0.29, 0.717) is 5.69 Å². The van der Waals surface area contributed by atoms with Crippen LogP contribution in [0.5, 0.6) is 0 Å². The molecule has 0 fully saturated rings. The lowest BCUT2D eigenvalue weighted by molar-refractivity contribution is -0.137. The molecule has 0 aliphatic heterocycles. The monoisotopic (exact) mass is 425 g/mol. The summed E-state index contributed by atoms with van der Waals surface area (Å²) in [6.07, 6.45) is -2.72. The molecule has 2 heterocycles. The molecule has 2 amide bonds. The van der Waals surface area contributed by atoms with E-state index in [1.807, 2.05) is 32.2 Å². The van der Waals surface area contributed by atoms with Crippen molar-refractivity contribution in [3.8, 4) is 11.1 Å². The zero-order chi connectivity index (χ0) is 22.2. The van der Waals surface area contributed by atoms with Crippen molar-refractivity contribution in [3.63, 3.8) is 0 Å². The van der Waals surface area contributed by atoms with E-state index in [1.54, 1.807) is 23.0 Å². The standard InChI is InChI=1S/C22H18F3N5O/c1-13-10-18(19-12-26-30(2)20(19)27-13)14-6-8-16(9-7-14)28-21(31)29-17-5-3-4-15(11-17)22(23,24)25/h3-12H,1-2H3,(H2,28,29,31). The van der Waals surface area contributed by atoms with Crippen molar-refractivity contribution in [2.75, 3.05) is 10.6 Å². The second kappa shape index (κ2) is 7.75. The molecule has 0 aliphatic carbocycles. The molecule has 6 nitrogen and oxygen atoms in total. The van der Waals surface area contributed by atoms with Crippen molar-refractivity contribution in [3.05, 3.63) is 72.1 Å². The zero-order valence-electron chi connectivity index (χ0n) is 16.7. The molecule has 2 aromatic carbocycles. The summed E-state index contributed by atoms with van der Waals surface area (Å²) in [4.78, 5) is 16.7. The van der Waals surface area contributed by atoms with Gasteiger partial charge in [0.25, 0.3) is 0 Å². The quantitative estimate of drug-likeness (QED) is 0.448.